The van der Waals surface area contributed by atoms with E-state index in [0.29, 0.717) is 6.54 Å². The third-order valence-corrected chi connectivity index (χ3v) is 9.77. The molecule has 4 heterocycles. The molecule has 13 nitrogen and oxygen atoms in total. The summed E-state index contributed by atoms with van der Waals surface area (Å²) in [6, 6.07) is 19.0. The van der Waals surface area contributed by atoms with Gasteiger partial charge in [0.25, 0.3) is 0 Å². The molecule has 338 valence electrons. The number of hydrogen-bond donors (Lipinski definition) is 3. The van der Waals surface area contributed by atoms with Gasteiger partial charge in [-0.05, 0) is 170 Å². The Morgan fingerprint density at radius 3 is 1.85 bits per heavy atom. The highest BCUT2D eigenvalue weighted by Crippen LogP contribution is 2.51. The van der Waals surface area contributed by atoms with Gasteiger partial charge in [-0.25, -0.2) is 9.97 Å². The number of aromatic nitrogens is 3. The van der Waals surface area contributed by atoms with Crippen molar-refractivity contribution in [3.05, 3.63) is 95.1 Å². The molecule has 1 aliphatic carbocycles. The maximum absolute atomic E-state index is 6.76. The molecule has 68 heavy (non-hydrogen) atoms. The maximum atomic E-state index is 6.76. The number of hydrogen-bond acceptors (Lipinski definition) is 8. The summed E-state index contributed by atoms with van der Waals surface area (Å²) in [6.07, 6.45) is 11.9. The Morgan fingerprint density at radius 1 is 0.706 bits per heavy atom. The minimum Gasteiger partial charge on any atom is -0.355 e. The van der Waals surface area contributed by atoms with E-state index in [9.17, 15) is 0 Å². The van der Waals surface area contributed by atoms with Crippen molar-refractivity contribution >= 4 is 22.4 Å². The van der Waals surface area contributed by atoms with Gasteiger partial charge in [0.2, 0.25) is 0 Å². The minimum absolute atomic E-state index is 0. The van der Waals surface area contributed by atoms with Gasteiger partial charge in [-0.15, -0.1) is 6.42 Å². The molecule has 1 spiro atoms. The van der Waals surface area contributed by atoms with Gasteiger partial charge in [-0.3, -0.25) is 9.98 Å². The number of fused-ring (bicyclic) bond motifs is 3. The predicted octanol–water partition coefficient (Wildman–Crippen LogP) is 7.98. The monoisotopic (exact) mass is 895 g/mol. The van der Waals surface area contributed by atoms with Gasteiger partial charge in [-0.2, -0.15) is 5.53 Å². The van der Waals surface area contributed by atoms with Crippen molar-refractivity contribution in [1.29, 1.82) is 5.53 Å². The standard InChI is InChI=1S/C28H26N6.C27H4.H3N7.10H2/c29-27-19-6-2-1-5-18(19)15-28(27)10-13-34(14-11-28)24-17-32-26-23(33-24)16-31-25(26)21-7-3-9-22-20(21)8-4-12-30-22;1-3-5-7-9-11-13-15-17-19-21-23-25-27-26-24-22-20-18-16-14-12-10-8-6-4-2;1-3-5-7-6-4-2;;;;;;;;;;/h1-9,12,17,27H,10-11,13-16,29H2;1H,2H3;(H3,1,2,5,6);10*1H/t27-;;;;;;;;;;;;/m0............/s1. The number of rotatable bonds is 4. The summed E-state index contributed by atoms with van der Waals surface area (Å²) < 4.78 is 0. The summed E-state index contributed by atoms with van der Waals surface area (Å²) in [5.74, 6) is 67.3. The van der Waals surface area contributed by atoms with Gasteiger partial charge in [0, 0.05) is 97.9 Å². The van der Waals surface area contributed by atoms with Crippen LogP contribution in [0.1, 0.15) is 68.2 Å². The van der Waals surface area contributed by atoms with Crippen molar-refractivity contribution in [3.63, 3.8) is 0 Å². The van der Waals surface area contributed by atoms with Crippen molar-refractivity contribution in [2.45, 2.75) is 38.8 Å². The molecule has 0 amide bonds. The number of nitrogens with two attached hydrogens (primary N) is 2. The Balaban J connectivity index is -0.000000271. The first-order chi connectivity index (χ1) is 33.5. The van der Waals surface area contributed by atoms with Crippen LogP contribution in [0.3, 0.4) is 0 Å². The molecule has 1 fully saturated rings. The van der Waals surface area contributed by atoms with Crippen LogP contribution in [0.2, 0.25) is 0 Å². The van der Waals surface area contributed by atoms with Crippen LogP contribution in [-0.4, -0.2) is 33.8 Å². The first kappa shape index (κ1) is 48.3. The number of aliphatic imine (C=N–C) groups is 1. The summed E-state index contributed by atoms with van der Waals surface area (Å²) in [4.78, 5) is 21.5. The quantitative estimate of drug-likeness (QED) is 0.0805. The zero-order chi connectivity index (χ0) is 47.9. The van der Waals surface area contributed by atoms with E-state index in [2.05, 4.69) is 226 Å². The van der Waals surface area contributed by atoms with Gasteiger partial charge in [0.05, 0.1) is 29.7 Å². The Labute approximate surface area is 410 Å². The second kappa shape index (κ2) is 27.3. The van der Waals surface area contributed by atoms with E-state index < -0.39 is 0 Å². The number of anilines is 1. The Morgan fingerprint density at radius 2 is 1.29 bits per heavy atom. The molecule has 4 aromatic rings. The van der Waals surface area contributed by atoms with Crippen molar-refractivity contribution in [2.75, 3.05) is 18.0 Å². The Kier molecular flexibility index (Phi) is 19.4. The SMILES string of the molecule is C#CC#CC#CC#CC#CC#CC#CC#CC#CC#CC#CC#CC#CC.N=N/N=N/N=N/N.N[C@H]1c2ccccc2CC12CCN(c1cnc3c(n1)CN=C3c1cccc3ncccc13)CC2.[HH].[HH].[HH].[HH].[HH].[HH].[HH].[HH].[HH].[HH]. The molecule has 3 aliphatic rings. The summed E-state index contributed by atoms with van der Waals surface area (Å²) in [7, 11) is 0. The third-order valence-electron chi connectivity index (χ3n) is 9.77. The lowest BCUT2D eigenvalue weighted by molar-refractivity contribution is 0.187. The molecule has 7 rings (SSSR count). The molecule has 0 saturated carbocycles. The van der Waals surface area contributed by atoms with Crippen LogP contribution in [-0.2, 0) is 13.0 Å². The lowest BCUT2D eigenvalue weighted by Crippen LogP contribution is -2.44. The smallest absolute Gasteiger partial charge is 0.147 e. The third kappa shape index (κ3) is 14.4. The van der Waals surface area contributed by atoms with E-state index in [1.165, 1.54) is 11.1 Å². The van der Waals surface area contributed by atoms with E-state index in [1.807, 2.05) is 30.6 Å². The van der Waals surface area contributed by atoms with Crippen molar-refractivity contribution < 1.29 is 14.3 Å². The lowest BCUT2D eigenvalue weighted by atomic mass is 9.73. The van der Waals surface area contributed by atoms with E-state index >= 15 is 0 Å². The molecular formula is C55H53N13. The molecule has 2 aromatic carbocycles. The van der Waals surface area contributed by atoms with E-state index in [0.717, 1.165) is 71.7 Å². The van der Waals surface area contributed by atoms with Gasteiger partial charge >= 0.3 is 0 Å². The molecule has 0 unspecified atom stereocenters. The largest absolute Gasteiger partial charge is 0.355 e. The van der Waals surface area contributed by atoms with Crippen LogP contribution in [0, 0.1) is 165 Å². The minimum atomic E-state index is 0. The number of piperidine rings is 1. The zero-order valence-electron chi connectivity index (χ0n) is 36.4. The fourth-order valence-electron chi connectivity index (χ4n) is 6.93. The summed E-state index contributed by atoms with van der Waals surface area (Å²) >= 11 is 0. The van der Waals surface area contributed by atoms with Gasteiger partial charge in [0.15, 0.2) is 0 Å². The van der Waals surface area contributed by atoms with E-state index in [-0.39, 0.29) is 25.7 Å². The number of nitrogens with zero attached hydrogens (tertiary/aromatic N) is 10. The summed E-state index contributed by atoms with van der Waals surface area (Å²) in [5.41, 5.74) is 20.5. The van der Waals surface area contributed by atoms with Crippen LogP contribution >= 0.6 is 0 Å². The van der Waals surface area contributed by atoms with Crippen molar-refractivity contribution in [1.82, 2.24) is 15.0 Å². The lowest BCUT2D eigenvalue weighted by Gasteiger charge is -2.42. The molecule has 5 N–H and O–H groups in total. The highest BCUT2D eigenvalue weighted by molar-refractivity contribution is 6.19. The topological polar surface area (TPSA) is 192 Å². The zero-order valence-corrected chi connectivity index (χ0v) is 36.4. The second-order valence-electron chi connectivity index (χ2n) is 13.5. The summed E-state index contributed by atoms with van der Waals surface area (Å²) in [6.45, 7) is 4.18. The number of pyridine rings is 1. The van der Waals surface area contributed by atoms with Crippen LogP contribution in [0.15, 0.2) is 98.1 Å². The van der Waals surface area contributed by atoms with Gasteiger partial charge in [0.1, 0.15) is 11.5 Å². The van der Waals surface area contributed by atoms with Crippen LogP contribution in [0.25, 0.3) is 10.9 Å². The van der Waals surface area contributed by atoms with Crippen LogP contribution in [0.5, 0.6) is 0 Å². The van der Waals surface area contributed by atoms with Crippen LogP contribution in [0.4, 0.5) is 5.82 Å². The fraction of sp³-hybridized carbons (Fsp3) is 0.164. The second-order valence-corrected chi connectivity index (χ2v) is 13.5. The fourth-order valence-corrected chi connectivity index (χ4v) is 6.93. The first-order valence-corrected chi connectivity index (χ1v) is 20.1. The maximum Gasteiger partial charge on any atom is 0.147 e. The van der Waals surface area contributed by atoms with Gasteiger partial charge in [-0.1, -0.05) is 53.6 Å². The molecule has 1 atom stereocenters. The predicted molar refractivity (Wildman–Crippen MR) is 282 cm³/mol. The molecule has 0 bridgehead atoms. The molecule has 13 heteroatoms. The average Bonchev–Trinajstić information content (AvgIpc) is 3.92. The normalized spacial score (nSPS) is 12.9. The van der Waals surface area contributed by atoms with Crippen LogP contribution < -0.4 is 16.5 Å². The molecule has 0 radical (unpaired) electrons. The highest BCUT2D eigenvalue weighted by Gasteiger charge is 2.46. The van der Waals surface area contributed by atoms with E-state index in [4.69, 9.17) is 32.6 Å². The van der Waals surface area contributed by atoms with Crippen molar-refractivity contribution in [2.24, 2.45) is 48.1 Å². The number of nitrogens with one attached hydrogen (secondary N) is 1. The highest BCUT2D eigenvalue weighted by atomic mass is 15.6. The molecule has 2 aromatic heterocycles. The Hall–Kier alpha value is -10.8. The summed E-state index contributed by atoms with van der Waals surface area (Å²) in [5, 5.41) is 14.6. The molecular weight excluding hydrogens is 843 g/mol. The molecule has 2 aliphatic heterocycles. The van der Waals surface area contributed by atoms with E-state index in [1.54, 1.807) is 6.92 Å². The Bertz CT molecular complexity index is 3570. The van der Waals surface area contributed by atoms with Gasteiger partial charge < -0.3 is 16.5 Å². The van der Waals surface area contributed by atoms with Crippen molar-refractivity contribution in [3.8, 4) is 154 Å². The molecule has 1 saturated heterocycles. The number of benzene rings is 2. The number of terminal acetylenes is 1. The first-order valence-electron chi connectivity index (χ1n) is 20.1. The average molecular weight is 896 g/mol.